The van der Waals surface area contributed by atoms with Gasteiger partial charge in [0.2, 0.25) is 17.7 Å². The highest BCUT2D eigenvalue weighted by Crippen LogP contribution is 2.58. The van der Waals surface area contributed by atoms with Crippen LogP contribution in [0.15, 0.2) is 24.3 Å². The van der Waals surface area contributed by atoms with Crippen LogP contribution in [0.25, 0.3) is 0 Å². The van der Waals surface area contributed by atoms with Crippen molar-refractivity contribution in [2.24, 2.45) is 11.8 Å². The predicted octanol–water partition coefficient (Wildman–Crippen LogP) is 0.780. The van der Waals surface area contributed by atoms with Gasteiger partial charge >= 0.3 is 0 Å². The van der Waals surface area contributed by atoms with Crippen LogP contribution in [0.3, 0.4) is 0 Å². The predicted molar refractivity (Wildman–Crippen MR) is 105 cm³/mol. The molecule has 3 saturated heterocycles. The van der Waals surface area contributed by atoms with Crippen LogP contribution in [0, 0.1) is 11.8 Å². The van der Waals surface area contributed by atoms with Crippen molar-refractivity contribution in [3.8, 4) is 0 Å². The van der Waals surface area contributed by atoms with E-state index < -0.39 is 41.5 Å². The average molecular weight is 422 g/mol. The number of para-hydroxylation sites is 1. The minimum atomic E-state index is -1.09. The van der Waals surface area contributed by atoms with E-state index in [0.717, 1.165) is 0 Å². The van der Waals surface area contributed by atoms with Gasteiger partial charge in [0.25, 0.3) is 0 Å². The Kier molecular flexibility index (Phi) is 5.04. The van der Waals surface area contributed by atoms with Gasteiger partial charge in [0.1, 0.15) is 11.6 Å². The minimum Gasteiger partial charge on any atom is -0.394 e. The molecule has 29 heavy (non-hydrogen) atoms. The zero-order valence-electron chi connectivity index (χ0n) is 16.2. The number of nitrogens with zero attached hydrogens (tertiary/aromatic N) is 1. The third-order valence-electron chi connectivity index (χ3n) is 6.41. The van der Waals surface area contributed by atoms with E-state index in [4.69, 9.17) is 16.3 Å². The highest BCUT2D eigenvalue weighted by molar-refractivity contribution is 6.33. The van der Waals surface area contributed by atoms with E-state index in [2.05, 4.69) is 10.6 Å². The van der Waals surface area contributed by atoms with Crippen molar-refractivity contribution in [3.63, 3.8) is 0 Å². The quantitative estimate of drug-likeness (QED) is 0.651. The first-order valence-corrected chi connectivity index (χ1v) is 10.1. The van der Waals surface area contributed by atoms with Crippen molar-refractivity contribution in [3.05, 3.63) is 29.3 Å². The summed E-state index contributed by atoms with van der Waals surface area (Å²) in [4.78, 5) is 40.7. The third kappa shape index (κ3) is 2.85. The summed E-state index contributed by atoms with van der Waals surface area (Å²) in [5.74, 6) is -2.43. The number of likely N-dealkylation sites (tertiary alicyclic amines) is 1. The number of rotatable bonds is 5. The number of amides is 3. The van der Waals surface area contributed by atoms with Gasteiger partial charge in [-0.1, -0.05) is 23.7 Å². The summed E-state index contributed by atoms with van der Waals surface area (Å²) in [6.45, 7) is 1.37. The number of aliphatic hydroxyl groups is 1. The molecule has 9 heteroatoms. The fraction of sp³-hybridized carbons (Fsp3) is 0.550. The Bertz CT molecular complexity index is 864. The molecule has 2 bridgehead atoms. The molecular weight excluding hydrogens is 398 g/mol. The van der Waals surface area contributed by atoms with Crippen molar-refractivity contribution in [2.45, 2.75) is 43.6 Å². The Morgan fingerprint density at radius 3 is 2.76 bits per heavy atom. The lowest BCUT2D eigenvalue weighted by Gasteiger charge is -2.35. The summed E-state index contributed by atoms with van der Waals surface area (Å²) in [7, 11) is 1.52. The van der Waals surface area contributed by atoms with Gasteiger partial charge in [-0.3, -0.25) is 14.4 Å². The van der Waals surface area contributed by atoms with Crippen LogP contribution in [0.1, 0.15) is 19.8 Å². The zero-order chi connectivity index (χ0) is 20.9. The largest absolute Gasteiger partial charge is 0.394 e. The number of carbonyl (C=O) groups is 3. The molecule has 0 saturated carbocycles. The fourth-order valence-corrected chi connectivity index (χ4v) is 5.37. The number of ether oxygens (including phenoxy) is 1. The molecule has 4 rings (SSSR count). The second kappa shape index (κ2) is 7.27. The number of hydrogen-bond donors (Lipinski definition) is 3. The van der Waals surface area contributed by atoms with Gasteiger partial charge in [0.05, 0.1) is 41.3 Å². The van der Waals surface area contributed by atoms with Gasteiger partial charge in [0, 0.05) is 7.05 Å². The second-order valence-electron chi connectivity index (χ2n) is 7.92. The number of aliphatic hydroxyl groups excluding tert-OH is 1. The molecule has 1 aromatic rings. The Morgan fingerprint density at radius 2 is 2.10 bits per heavy atom. The Labute approximate surface area is 173 Å². The van der Waals surface area contributed by atoms with Crippen molar-refractivity contribution >= 4 is 35.0 Å². The molecule has 6 atom stereocenters. The normalized spacial score (nSPS) is 33.5. The first kappa shape index (κ1) is 20.1. The Morgan fingerprint density at radius 1 is 1.38 bits per heavy atom. The standard InChI is InChI=1S/C20H24ClN3O5/c1-10(9-25)24-16(18(27)23-12-6-4-3-5-11(12)21)20-8-7-13(29-20)14(17(26)22-2)15(20)19(24)28/h3-6,10,13-16,25H,7-9H2,1-2H3,(H,22,26)(H,23,27)/t10-,13-,14+,15+,16?,20?/m1/s1. The van der Waals surface area contributed by atoms with Crippen molar-refractivity contribution < 1.29 is 24.2 Å². The number of hydrogen-bond acceptors (Lipinski definition) is 5. The number of fused-ring (bicyclic) bond motifs is 1. The number of halogens is 1. The molecule has 3 amide bonds. The molecule has 0 aliphatic carbocycles. The zero-order valence-corrected chi connectivity index (χ0v) is 17.0. The van der Waals surface area contributed by atoms with E-state index in [1.807, 2.05) is 0 Å². The molecule has 8 nitrogen and oxygen atoms in total. The van der Waals surface area contributed by atoms with Crippen molar-refractivity contribution in [2.75, 3.05) is 19.0 Å². The van der Waals surface area contributed by atoms with Gasteiger partial charge in [0.15, 0.2) is 0 Å². The van der Waals surface area contributed by atoms with Crippen LogP contribution in [-0.4, -0.2) is 65.2 Å². The highest BCUT2D eigenvalue weighted by Gasteiger charge is 2.74. The molecule has 3 N–H and O–H groups in total. The Hall–Kier alpha value is -2.16. The van der Waals surface area contributed by atoms with Gasteiger partial charge in [-0.2, -0.15) is 0 Å². The van der Waals surface area contributed by atoms with Gasteiger partial charge in [-0.25, -0.2) is 0 Å². The second-order valence-corrected chi connectivity index (χ2v) is 8.32. The van der Waals surface area contributed by atoms with Crippen LogP contribution in [0.5, 0.6) is 0 Å². The molecule has 0 aromatic heterocycles. The van der Waals surface area contributed by atoms with Crippen molar-refractivity contribution in [1.82, 2.24) is 10.2 Å². The summed E-state index contributed by atoms with van der Waals surface area (Å²) < 4.78 is 6.22. The monoisotopic (exact) mass is 421 g/mol. The van der Waals surface area contributed by atoms with Crippen LogP contribution in [0.2, 0.25) is 5.02 Å². The SMILES string of the molecule is CNC(=O)[C@@H]1[C@H]2C(=O)N([C@H](C)CO)C(C(=O)Nc3ccccc3Cl)C23CC[C@H]1O3. The topological polar surface area (TPSA) is 108 Å². The molecule has 1 aromatic carbocycles. The van der Waals surface area contributed by atoms with Crippen LogP contribution < -0.4 is 10.6 Å². The molecule has 2 unspecified atom stereocenters. The first-order chi connectivity index (χ1) is 13.9. The summed E-state index contributed by atoms with van der Waals surface area (Å²) in [5.41, 5.74) is -0.660. The molecule has 3 heterocycles. The third-order valence-corrected chi connectivity index (χ3v) is 6.74. The number of carbonyl (C=O) groups excluding carboxylic acids is 3. The molecule has 3 aliphatic rings. The average Bonchev–Trinajstić information content (AvgIpc) is 3.35. The summed E-state index contributed by atoms with van der Waals surface area (Å²) in [6, 6.07) is 5.27. The van der Waals surface area contributed by atoms with Crippen LogP contribution >= 0.6 is 11.6 Å². The number of benzene rings is 1. The maximum absolute atomic E-state index is 13.4. The minimum absolute atomic E-state index is 0.265. The highest BCUT2D eigenvalue weighted by atomic mass is 35.5. The van der Waals surface area contributed by atoms with E-state index in [1.165, 1.54) is 11.9 Å². The maximum atomic E-state index is 13.4. The molecule has 156 valence electrons. The van der Waals surface area contributed by atoms with Gasteiger partial charge in [-0.05, 0) is 31.9 Å². The lowest BCUT2D eigenvalue weighted by atomic mass is 9.70. The van der Waals surface area contributed by atoms with Gasteiger partial charge < -0.3 is 25.4 Å². The number of anilines is 1. The van der Waals surface area contributed by atoms with Crippen molar-refractivity contribution in [1.29, 1.82) is 0 Å². The summed E-state index contributed by atoms with van der Waals surface area (Å²) in [6.07, 6.45) is 0.696. The van der Waals surface area contributed by atoms with E-state index in [9.17, 15) is 19.5 Å². The van der Waals surface area contributed by atoms with E-state index in [1.54, 1.807) is 31.2 Å². The van der Waals surface area contributed by atoms with Gasteiger partial charge in [-0.15, -0.1) is 0 Å². The van der Waals surface area contributed by atoms with Crippen LogP contribution in [-0.2, 0) is 19.1 Å². The molecular formula is C20H24ClN3O5. The first-order valence-electron chi connectivity index (χ1n) is 9.73. The van der Waals surface area contributed by atoms with Crippen LogP contribution in [0.4, 0.5) is 5.69 Å². The molecule has 0 radical (unpaired) electrons. The van der Waals surface area contributed by atoms with E-state index in [0.29, 0.717) is 23.6 Å². The lowest BCUT2D eigenvalue weighted by Crippen LogP contribution is -2.55. The lowest BCUT2D eigenvalue weighted by molar-refractivity contribution is -0.143. The molecule has 3 fully saturated rings. The Balaban J connectivity index is 1.74. The fourth-order valence-electron chi connectivity index (χ4n) is 5.18. The summed E-state index contributed by atoms with van der Waals surface area (Å²) in [5, 5.41) is 15.5. The molecule has 1 spiro atoms. The molecule has 3 aliphatic heterocycles. The summed E-state index contributed by atoms with van der Waals surface area (Å²) >= 11 is 6.18. The number of nitrogens with one attached hydrogen (secondary N) is 2. The van der Waals surface area contributed by atoms with E-state index in [-0.39, 0.29) is 18.4 Å². The smallest absolute Gasteiger partial charge is 0.250 e. The van der Waals surface area contributed by atoms with E-state index >= 15 is 0 Å². The maximum Gasteiger partial charge on any atom is 0.250 e.